The molecule has 1 amide bonds. The van der Waals surface area contributed by atoms with E-state index in [1.165, 1.54) is 0 Å². The topological polar surface area (TPSA) is 75.4 Å². The molecule has 1 unspecified atom stereocenters. The van der Waals surface area contributed by atoms with Crippen molar-refractivity contribution in [3.63, 3.8) is 0 Å². The van der Waals surface area contributed by atoms with E-state index in [2.05, 4.69) is 11.2 Å². The number of hydrogen-bond donors (Lipinski definition) is 3. The number of terminal acetylenes is 1. The van der Waals surface area contributed by atoms with Gasteiger partial charge < -0.3 is 16.2 Å². The van der Waals surface area contributed by atoms with Crippen LogP contribution in [-0.2, 0) is 4.79 Å². The first-order valence-electron chi connectivity index (χ1n) is 5.25. The summed E-state index contributed by atoms with van der Waals surface area (Å²) in [4.78, 5) is 11.7. The molecule has 0 bridgehead atoms. The molecule has 4 N–H and O–H groups in total. The lowest BCUT2D eigenvalue weighted by Gasteiger charge is -2.13. The van der Waals surface area contributed by atoms with Gasteiger partial charge in [0.05, 0.1) is 6.04 Å². The molecule has 0 aliphatic carbocycles. The third-order valence-corrected chi connectivity index (χ3v) is 2.48. The lowest BCUT2D eigenvalue weighted by atomic mass is 10.1. The van der Waals surface area contributed by atoms with Crippen molar-refractivity contribution in [3.05, 3.63) is 23.3 Å². The van der Waals surface area contributed by atoms with Crippen LogP contribution >= 0.6 is 0 Å². The van der Waals surface area contributed by atoms with Gasteiger partial charge in [-0.15, -0.1) is 12.3 Å². The van der Waals surface area contributed by atoms with Crippen molar-refractivity contribution in [3.8, 4) is 18.1 Å². The lowest BCUT2D eigenvalue weighted by molar-refractivity contribution is -0.117. The fraction of sp³-hybridized carbons (Fsp3) is 0.308. The molecule has 0 saturated heterocycles. The Morgan fingerprint density at radius 3 is 2.76 bits per heavy atom. The van der Waals surface area contributed by atoms with Crippen LogP contribution in [0.15, 0.2) is 12.1 Å². The molecule has 4 heteroatoms. The van der Waals surface area contributed by atoms with Crippen LogP contribution in [0.1, 0.15) is 17.5 Å². The maximum Gasteiger partial charge on any atom is 0.242 e. The fourth-order valence-electron chi connectivity index (χ4n) is 1.38. The Labute approximate surface area is 101 Å². The summed E-state index contributed by atoms with van der Waals surface area (Å²) in [6.45, 7) is 3.55. The molecule has 1 rings (SSSR count). The van der Waals surface area contributed by atoms with E-state index in [1.54, 1.807) is 26.0 Å². The number of nitrogens with one attached hydrogen (secondary N) is 1. The molecule has 1 atom stereocenters. The van der Waals surface area contributed by atoms with E-state index in [-0.39, 0.29) is 18.1 Å². The molecular weight excluding hydrogens is 216 g/mol. The smallest absolute Gasteiger partial charge is 0.242 e. The Kier molecular flexibility index (Phi) is 4.13. The number of rotatable bonds is 3. The highest BCUT2D eigenvalue weighted by Gasteiger charge is 2.13. The van der Waals surface area contributed by atoms with E-state index in [0.717, 1.165) is 5.56 Å². The highest BCUT2D eigenvalue weighted by atomic mass is 16.3. The van der Waals surface area contributed by atoms with Crippen molar-refractivity contribution >= 4 is 11.6 Å². The minimum absolute atomic E-state index is 0.196. The highest BCUT2D eigenvalue weighted by Crippen LogP contribution is 2.24. The number of benzene rings is 1. The second kappa shape index (κ2) is 5.37. The number of anilines is 1. The van der Waals surface area contributed by atoms with Crippen LogP contribution in [-0.4, -0.2) is 17.1 Å². The molecule has 90 valence electrons. The number of hydrogen-bond acceptors (Lipinski definition) is 3. The van der Waals surface area contributed by atoms with Gasteiger partial charge in [-0.1, -0.05) is 0 Å². The van der Waals surface area contributed by atoms with Crippen molar-refractivity contribution in [2.75, 3.05) is 5.32 Å². The normalized spacial score (nSPS) is 11.6. The molecule has 4 nitrogen and oxygen atoms in total. The number of amides is 1. The predicted octanol–water partition coefficient (Wildman–Crippen LogP) is 1.30. The van der Waals surface area contributed by atoms with Gasteiger partial charge in [-0.25, -0.2) is 0 Å². The molecule has 0 aliphatic heterocycles. The number of phenols is 1. The Bertz CT molecular complexity index is 475. The fourth-order valence-corrected chi connectivity index (χ4v) is 1.38. The second-order valence-electron chi connectivity index (χ2n) is 3.96. The third-order valence-electron chi connectivity index (χ3n) is 2.48. The Hall–Kier alpha value is -1.99. The van der Waals surface area contributed by atoms with E-state index in [1.807, 2.05) is 0 Å². The number of carbonyl (C=O) groups is 1. The van der Waals surface area contributed by atoms with Crippen LogP contribution in [0.5, 0.6) is 5.75 Å². The summed E-state index contributed by atoms with van der Waals surface area (Å²) in [7, 11) is 0. The molecule has 0 aromatic heterocycles. The molecule has 0 radical (unpaired) electrons. The van der Waals surface area contributed by atoms with E-state index in [9.17, 15) is 9.90 Å². The standard InChI is InChI=1S/C13H16N2O2/c1-4-5-10(14)13(17)15-11-6-9(3)12(16)7-8(11)2/h1,6-7,10,16H,5,14H2,2-3H3,(H,15,17). The summed E-state index contributed by atoms with van der Waals surface area (Å²) in [5.41, 5.74) is 7.69. The number of carbonyl (C=O) groups excluding carboxylic acids is 1. The summed E-state index contributed by atoms with van der Waals surface area (Å²) in [6.07, 6.45) is 5.29. The largest absolute Gasteiger partial charge is 0.508 e. The average molecular weight is 232 g/mol. The zero-order chi connectivity index (χ0) is 13.0. The SMILES string of the molecule is C#CCC(N)C(=O)Nc1cc(C)c(O)cc1C. The van der Waals surface area contributed by atoms with Crippen molar-refractivity contribution in [1.82, 2.24) is 0 Å². The van der Waals surface area contributed by atoms with Gasteiger partial charge in [0.15, 0.2) is 0 Å². The maximum absolute atomic E-state index is 11.7. The van der Waals surface area contributed by atoms with Crippen molar-refractivity contribution < 1.29 is 9.90 Å². The van der Waals surface area contributed by atoms with Gasteiger partial charge in [-0.2, -0.15) is 0 Å². The Morgan fingerprint density at radius 1 is 1.53 bits per heavy atom. The molecule has 0 heterocycles. The van der Waals surface area contributed by atoms with Gasteiger partial charge in [-0.3, -0.25) is 4.79 Å². The first-order valence-corrected chi connectivity index (χ1v) is 5.25. The van der Waals surface area contributed by atoms with E-state index in [0.29, 0.717) is 11.3 Å². The molecule has 0 fully saturated rings. The zero-order valence-corrected chi connectivity index (χ0v) is 9.95. The molecular formula is C13H16N2O2. The first-order chi connectivity index (χ1) is 7.95. The average Bonchev–Trinajstić information content (AvgIpc) is 2.26. The van der Waals surface area contributed by atoms with Gasteiger partial charge in [0.1, 0.15) is 5.75 Å². The quantitative estimate of drug-likeness (QED) is 0.543. The first kappa shape index (κ1) is 13.1. The molecule has 17 heavy (non-hydrogen) atoms. The van der Waals surface area contributed by atoms with E-state index >= 15 is 0 Å². The predicted molar refractivity (Wildman–Crippen MR) is 67.6 cm³/mol. The van der Waals surface area contributed by atoms with Crippen LogP contribution in [0, 0.1) is 26.2 Å². The summed E-state index contributed by atoms with van der Waals surface area (Å²) in [5, 5.41) is 12.2. The van der Waals surface area contributed by atoms with Crippen LogP contribution in [0.3, 0.4) is 0 Å². The summed E-state index contributed by atoms with van der Waals surface area (Å²) < 4.78 is 0. The maximum atomic E-state index is 11.7. The zero-order valence-electron chi connectivity index (χ0n) is 9.95. The monoisotopic (exact) mass is 232 g/mol. The molecule has 0 aliphatic rings. The minimum atomic E-state index is -0.714. The van der Waals surface area contributed by atoms with Crippen molar-refractivity contribution in [2.45, 2.75) is 26.3 Å². The van der Waals surface area contributed by atoms with Crippen LogP contribution in [0.2, 0.25) is 0 Å². The van der Waals surface area contributed by atoms with Gasteiger partial charge >= 0.3 is 0 Å². The van der Waals surface area contributed by atoms with E-state index < -0.39 is 6.04 Å². The molecule has 0 saturated carbocycles. The van der Waals surface area contributed by atoms with Crippen LogP contribution in [0.4, 0.5) is 5.69 Å². The van der Waals surface area contributed by atoms with Crippen LogP contribution < -0.4 is 11.1 Å². The third kappa shape index (κ3) is 3.23. The Morgan fingerprint density at radius 2 is 2.18 bits per heavy atom. The number of nitrogens with two attached hydrogens (primary N) is 1. The van der Waals surface area contributed by atoms with Crippen LogP contribution in [0.25, 0.3) is 0 Å². The molecule has 0 spiro atoms. The van der Waals surface area contributed by atoms with Gasteiger partial charge in [0, 0.05) is 12.1 Å². The van der Waals surface area contributed by atoms with E-state index in [4.69, 9.17) is 12.2 Å². The Balaban J connectivity index is 2.86. The second-order valence-corrected chi connectivity index (χ2v) is 3.96. The summed E-state index contributed by atoms with van der Waals surface area (Å²) in [5.74, 6) is 2.22. The van der Waals surface area contributed by atoms with Gasteiger partial charge in [0.25, 0.3) is 0 Å². The molecule has 1 aromatic rings. The lowest BCUT2D eigenvalue weighted by Crippen LogP contribution is -2.35. The summed E-state index contributed by atoms with van der Waals surface area (Å²) >= 11 is 0. The summed E-state index contributed by atoms with van der Waals surface area (Å²) in [6, 6.07) is 2.58. The van der Waals surface area contributed by atoms with Crippen molar-refractivity contribution in [1.29, 1.82) is 0 Å². The number of aryl methyl sites for hydroxylation is 2. The van der Waals surface area contributed by atoms with Gasteiger partial charge in [0.2, 0.25) is 5.91 Å². The molecule has 1 aromatic carbocycles. The minimum Gasteiger partial charge on any atom is -0.508 e. The number of phenolic OH excluding ortho intramolecular Hbond substituents is 1. The highest BCUT2D eigenvalue weighted by molar-refractivity contribution is 5.95. The van der Waals surface area contributed by atoms with Gasteiger partial charge in [-0.05, 0) is 37.1 Å². The van der Waals surface area contributed by atoms with Crippen molar-refractivity contribution in [2.24, 2.45) is 5.73 Å². The number of aromatic hydroxyl groups is 1.